The van der Waals surface area contributed by atoms with Gasteiger partial charge in [-0.25, -0.2) is 9.98 Å². The van der Waals surface area contributed by atoms with Gasteiger partial charge >= 0.3 is 0 Å². The van der Waals surface area contributed by atoms with Crippen molar-refractivity contribution in [3.63, 3.8) is 0 Å². The average Bonchev–Trinajstić information content (AvgIpc) is 2.79. The molecule has 0 aliphatic rings. The molecule has 0 bridgehead atoms. The summed E-state index contributed by atoms with van der Waals surface area (Å²) in [6, 6.07) is 33.6. The second kappa shape index (κ2) is 9.32. The summed E-state index contributed by atoms with van der Waals surface area (Å²) >= 11 is 0. The highest BCUT2D eigenvalue weighted by molar-refractivity contribution is 6.13. The molecule has 0 atom stereocenters. The van der Waals surface area contributed by atoms with Crippen molar-refractivity contribution in [2.75, 3.05) is 0 Å². The third kappa shape index (κ3) is 4.90. The van der Waals surface area contributed by atoms with Crippen LogP contribution >= 0.6 is 0 Å². The molecule has 0 fully saturated rings. The van der Waals surface area contributed by atoms with E-state index >= 15 is 0 Å². The van der Waals surface area contributed by atoms with Crippen LogP contribution in [0.3, 0.4) is 0 Å². The van der Waals surface area contributed by atoms with Crippen molar-refractivity contribution in [2.24, 2.45) is 4.99 Å². The first-order chi connectivity index (χ1) is 14.7. The number of hydrogen-bond acceptors (Lipinski definition) is 2. The summed E-state index contributed by atoms with van der Waals surface area (Å²) < 4.78 is 0. The lowest BCUT2D eigenvalue weighted by atomic mass is 10.0. The number of rotatable bonds is 6. The van der Waals surface area contributed by atoms with Crippen molar-refractivity contribution in [3.05, 3.63) is 131 Å². The number of pyridine rings is 1. The molecule has 0 saturated carbocycles. The summed E-state index contributed by atoms with van der Waals surface area (Å²) in [7, 11) is 0. The van der Waals surface area contributed by atoms with E-state index in [0.717, 1.165) is 46.8 Å². The normalized spacial score (nSPS) is 10.6. The molecule has 0 radical (unpaired) electrons. The topological polar surface area (TPSA) is 25.2 Å². The molecule has 2 nitrogen and oxygen atoms in total. The predicted octanol–water partition coefficient (Wildman–Crippen LogP) is 6.65. The van der Waals surface area contributed by atoms with Crippen molar-refractivity contribution in [1.82, 2.24) is 4.98 Å². The number of benzene rings is 3. The molecule has 4 aromatic rings. The molecule has 0 amide bonds. The van der Waals surface area contributed by atoms with Gasteiger partial charge in [-0.15, -0.1) is 0 Å². The maximum Gasteiger partial charge on any atom is 0.155 e. The van der Waals surface area contributed by atoms with Gasteiger partial charge in [-0.2, -0.15) is 0 Å². The van der Waals surface area contributed by atoms with E-state index in [9.17, 15) is 0 Å². The molecule has 0 saturated heterocycles. The average molecular weight is 391 g/mol. The Morgan fingerprint density at radius 1 is 0.700 bits per heavy atom. The van der Waals surface area contributed by atoms with E-state index < -0.39 is 0 Å². The Morgan fingerprint density at radius 2 is 1.37 bits per heavy atom. The van der Waals surface area contributed by atoms with E-state index in [-0.39, 0.29) is 0 Å². The van der Waals surface area contributed by atoms with Gasteiger partial charge in [-0.3, -0.25) is 0 Å². The standard InChI is InChI=1S/C28H26N2/c1-21-10-9-11-23(20-21)17-19-26-18-16-22(2)28(29-26)30-27(24-12-5-3-6-13-24)25-14-7-4-8-15-25/h3-16,18,20H,17,19H2,1-2H3. The van der Waals surface area contributed by atoms with Crippen molar-refractivity contribution in [1.29, 1.82) is 0 Å². The summed E-state index contributed by atoms with van der Waals surface area (Å²) in [5.41, 5.74) is 7.93. The molecule has 4 rings (SSSR count). The summed E-state index contributed by atoms with van der Waals surface area (Å²) in [5.74, 6) is 0.791. The van der Waals surface area contributed by atoms with Gasteiger partial charge in [-0.1, -0.05) is 96.6 Å². The van der Waals surface area contributed by atoms with Crippen LogP contribution in [0.4, 0.5) is 5.82 Å². The third-order valence-corrected chi connectivity index (χ3v) is 5.19. The van der Waals surface area contributed by atoms with Crippen molar-refractivity contribution in [2.45, 2.75) is 26.7 Å². The lowest BCUT2D eigenvalue weighted by Crippen LogP contribution is -2.04. The largest absolute Gasteiger partial charge is 0.233 e. The molecule has 0 aliphatic carbocycles. The van der Waals surface area contributed by atoms with Crippen LogP contribution in [-0.4, -0.2) is 10.7 Å². The van der Waals surface area contributed by atoms with Gasteiger partial charge in [0.05, 0.1) is 5.71 Å². The van der Waals surface area contributed by atoms with Crippen LogP contribution in [0.15, 0.2) is 102 Å². The van der Waals surface area contributed by atoms with Crippen LogP contribution < -0.4 is 0 Å². The van der Waals surface area contributed by atoms with Crippen LogP contribution in [-0.2, 0) is 12.8 Å². The van der Waals surface area contributed by atoms with Crippen molar-refractivity contribution in [3.8, 4) is 0 Å². The van der Waals surface area contributed by atoms with Crippen LogP contribution in [0, 0.1) is 13.8 Å². The fourth-order valence-corrected chi connectivity index (χ4v) is 3.54. The Balaban J connectivity index is 1.67. The number of hydrogen-bond donors (Lipinski definition) is 0. The second-order valence-corrected chi connectivity index (χ2v) is 7.62. The van der Waals surface area contributed by atoms with Crippen molar-refractivity contribution < 1.29 is 0 Å². The number of aliphatic imine (C=N–C) groups is 1. The van der Waals surface area contributed by atoms with Gasteiger partial charge in [0.2, 0.25) is 0 Å². The SMILES string of the molecule is Cc1cccc(CCc2ccc(C)c(N=C(c3ccccc3)c3ccccc3)n2)c1. The van der Waals surface area contributed by atoms with E-state index in [4.69, 9.17) is 9.98 Å². The number of aromatic nitrogens is 1. The van der Waals surface area contributed by atoms with E-state index in [0.29, 0.717) is 0 Å². The highest BCUT2D eigenvalue weighted by Gasteiger charge is 2.09. The minimum atomic E-state index is 0.791. The lowest BCUT2D eigenvalue weighted by molar-refractivity contribution is 0.909. The van der Waals surface area contributed by atoms with E-state index in [1.807, 2.05) is 36.4 Å². The number of nitrogens with zero attached hydrogens (tertiary/aromatic N) is 2. The minimum absolute atomic E-state index is 0.791. The first-order valence-electron chi connectivity index (χ1n) is 10.4. The van der Waals surface area contributed by atoms with Crippen LogP contribution in [0.25, 0.3) is 0 Å². The molecule has 0 spiro atoms. The zero-order valence-electron chi connectivity index (χ0n) is 17.5. The molecule has 0 N–H and O–H groups in total. The lowest BCUT2D eigenvalue weighted by Gasteiger charge is -2.10. The van der Waals surface area contributed by atoms with Gasteiger partial charge in [-0.05, 0) is 43.9 Å². The Labute approximate surface area is 179 Å². The first-order valence-corrected chi connectivity index (χ1v) is 10.4. The Kier molecular flexibility index (Phi) is 6.14. The molecular weight excluding hydrogens is 364 g/mol. The summed E-state index contributed by atoms with van der Waals surface area (Å²) in [6.45, 7) is 4.21. The molecule has 3 aromatic carbocycles. The second-order valence-electron chi connectivity index (χ2n) is 7.62. The third-order valence-electron chi connectivity index (χ3n) is 5.19. The zero-order chi connectivity index (χ0) is 20.8. The summed E-state index contributed by atoms with van der Waals surface area (Å²) in [4.78, 5) is 9.95. The molecule has 30 heavy (non-hydrogen) atoms. The van der Waals surface area contributed by atoms with E-state index in [1.54, 1.807) is 0 Å². The minimum Gasteiger partial charge on any atom is -0.233 e. The van der Waals surface area contributed by atoms with Gasteiger partial charge in [0.25, 0.3) is 0 Å². The maximum atomic E-state index is 5.03. The van der Waals surface area contributed by atoms with Gasteiger partial charge in [0, 0.05) is 16.8 Å². The molecule has 0 aliphatic heterocycles. The maximum absolute atomic E-state index is 5.03. The Hall–Kier alpha value is -3.52. The van der Waals surface area contributed by atoms with E-state index in [1.165, 1.54) is 11.1 Å². The molecule has 2 heteroatoms. The fraction of sp³-hybridized carbons (Fsp3) is 0.143. The molecule has 148 valence electrons. The zero-order valence-corrected chi connectivity index (χ0v) is 17.5. The van der Waals surface area contributed by atoms with Crippen LogP contribution in [0.5, 0.6) is 0 Å². The molecule has 1 heterocycles. The Morgan fingerprint density at radius 3 is 2.00 bits per heavy atom. The van der Waals surface area contributed by atoms with Gasteiger partial charge in [0.1, 0.15) is 0 Å². The fourth-order valence-electron chi connectivity index (χ4n) is 3.54. The predicted molar refractivity (Wildman–Crippen MR) is 126 cm³/mol. The Bertz CT molecular complexity index is 1100. The highest BCUT2D eigenvalue weighted by Crippen LogP contribution is 2.21. The van der Waals surface area contributed by atoms with Crippen molar-refractivity contribution >= 4 is 11.5 Å². The van der Waals surface area contributed by atoms with Gasteiger partial charge in [0.15, 0.2) is 5.82 Å². The summed E-state index contributed by atoms with van der Waals surface area (Å²) in [5, 5.41) is 0. The molecule has 1 aromatic heterocycles. The van der Waals surface area contributed by atoms with Crippen LogP contribution in [0.2, 0.25) is 0 Å². The molecule has 0 unspecified atom stereocenters. The van der Waals surface area contributed by atoms with Gasteiger partial charge < -0.3 is 0 Å². The quantitative estimate of drug-likeness (QED) is 0.338. The smallest absolute Gasteiger partial charge is 0.155 e. The van der Waals surface area contributed by atoms with E-state index in [2.05, 4.69) is 74.5 Å². The number of aryl methyl sites for hydroxylation is 4. The highest BCUT2D eigenvalue weighted by atomic mass is 14.9. The monoisotopic (exact) mass is 390 g/mol. The first kappa shape index (κ1) is 19.8. The molecular formula is C28H26N2. The summed E-state index contributed by atoms with van der Waals surface area (Å²) in [6.07, 6.45) is 1.88. The van der Waals surface area contributed by atoms with Crippen LogP contribution in [0.1, 0.15) is 33.5 Å².